The number of anilines is 1. The zero-order valence-electron chi connectivity index (χ0n) is 9.22. The second-order valence-corrected chi connectivity index (χ2v) is 4.43. The lowest BCUT2D eigenvalue weighted by molar-refractivity contribution is -0.133. The van der Waals surface area contributed by atoms with Crippen LogP contribution in [-0.2, 0) is 9.53 Å². The Labute approximate surface area is 94.2 Å². The molecule has 2 atom stereocenters. The number of carbonyl (C=O) groups is 1. The summed E-state index contributed by atoms with van der Waals surface area (Å²) < 4.78 is 5.57. The molecule has 2 bridgehead atoms. The van der Waals surface area contributed by atoms with Gasteiger partial charge in [-0.1, -0.05) is 0 Å². The highest BCUT2D eigenvalue weighted by atomic mass is 16.5. The van der Waals surface area contributed by atoms with Gasteiger partial charge in [0.15, 0.2) is 0 Å². The van der Waals surface area contributed by atoms with Gasteiger partial charge in [0.2, 0.25) is 0 Å². The molecule has 3 heterocycles. The molecule has 0 saturated carbocycles. The summed E-state index contributed by atoms with van der Waals surface area (Å²) in [5, 5.41) is 0. The monoisotopic (exact) mass is 218 g/mol. The molecule has 2 aliphatic heterocycles. The van der Waals surface area contributed by atoms with Crippen LogP contribution in [0.3, 0.4) is 0 Å². The third kappa shape index (κ3) is 1.50. The maximum absolute atomic E-state index is 12.0. The Morgan fingerprint density at radius 2 is 2.31 bits per heavy atom. The molecule has 2 unspecified atom stereocenters. The topological polar surface area (TPSA) is 42.4 Å². The number of morpholine rings is 1. The summed E-state index contributed by atoms with van der Waals surface area (Å²) in [5.41, 5.74) is 1.85. The molecule has 1 aromatic rings. The van der Waals surface area contributed by atoms with Crippen LogP contribution in [0.4, 0.5) is 5.69 Å². The third-order valence-corrected chi connectivity index (χ3v) is 3.24. The minimum Gasteiger partial charge on any atom is -0.363 e. The van der Waals surface area contributed by atoms with Crippen LogP contribution in [0.25, 0.3) is 0 Å². The lowest BCUT2D eigenvalue weighted by Crippen LogP contribution is -2.47. The lowest BCUT2D eigenvalue weighted by Gasteiger charge is -2.31. The molecule has 0 spiro atoms. The van der Waals surface area contributed by atoms with Gasteiger partial charge in [0.05, 0.1) is 24.5 Å². The average Bonchev–Trinajstić information content (AvgIpc) is 2.69. The number of rotatable bonds is 1. The summed E-state index contributed by atoms with van der Waals surface area (Å²) in [6.07, 6.45) is 3.60. The van der Waals surface area contributed by atoms with E-state index in [0.29, 0.717) is 6.54 Å². The fourth-order valence-corrected chi connectivity index (χ4v) is 2.34. The van der Waals surface area contributed by atoms with E-state index >= 15 is 0 Å². The van der Waals surface area contributed by atoms with E-state index in [1.807, 2.05) is 19.1 Å². The third-order valence-electron chi connectivity index (χ3n) is 3.24. The lowest BCUT2D eigenvalue weighted by atomic mass is 10.2. The van der Waals surface area contributed by atoms with Gasteiger partial charge in [-0.25, -0.2) is 0 Å². The minimum atomic E-state index is -0.222. The predicted octanol–water partition coefficient (Wildman–Crippen LogP) is 1.28. The van der Waals surface area contributed by atoms with Crippen molar-refractivity contribution in [3.63, 3.8) is 0 Å². The Morgan fingerprint density at radius 1 is 1.44 bits per heavy atom. The van der Waals surface area contributed by atoms with Crippen molar-refractivity contribution in [1.82, 2.24) is 4.98 Å². The first-order chi connectivity index (χ1) is 7.74. The van der Waals surface area contributed by atoms with Crippen LogP contribution in [0.5, 0.6) is 0 Å². The van der Waals surface area contributed by atoms with Crippen molar-refractivity contribution in [1.29, 1.82) is 0 Å². The van der Waals surface area contributed by atoms with Crippen molar-refractivity contribution in [2.45, 2.75) is 32.0 Å². The molecule has 16 heavy (non-hydrogen) atoms. The fraction of sp³-hybridized carbons (Fsp3) is 0.500. The van der Waals surface area contributed by atoms with Crippen LogP contribution in [0.2, 0.25) is 0 Å². The molecule has 84 valence electrons. The number of aryl methyl sites for hydroxylation is 1. The van der Waals surface area contributed by atoms with Crippen molar-refractivity contribution in [2.75, 3.05) is 11.4 Å². The molecular weight excluding hydrogens is 204 g/mol. The predicted molar refractivity (Wildman–Crippen MR) is 59.2 cm³/mol. The number of nitrogens with zero attached hydrogens (tertiary/aromatic N) is 2. The van der Waals surface area contributed by atoms with Crippen molar-refractivity contribution in [3.8, 4) is 0 Å². The standard InChI is InChI=1S/C12H14N2O2/c1-8-2-3-9(6-13-8)14-7-10-4-5-11(16-10)12(14)15/h2-3,6,10-11H,4-5,7H2,1H3. The molecule has 4 heteroatoms. The summed E-state index contributed by atoms with van der Waals surface area (Å²) in [6.45, 7) is 2.61. The van der Waals surface area contributed by atoms with Crippen LogP contribution in [0.1, 0.15) is 18.5 Å². The summed E-state index contributed by atoms with van der Waals surface area (Å²) in [6, 6.07) is 3.88. The zero-order valence-corrected chi connectivity index (χ0v) is 9.22. The van der Waals surface area contributed by atoms with Gasteiger partial charge in [-0.05, 0) is 31.9 Å². The Bertz CT molecular complexity index is 416. The average molecular weight is 218 g/mol. The van der Waals surface area contributed by atoms with Crippen molar-refractivity contribution < 1.29 is 9.53 Å². The molecule has 4 nitrogen and oxygen atoms in total. The maximum atomic E-state index is 12.0. The van der Waals surface area contributed by atoms with Crippen molar-refractivity contribution in [3.05, 3.63) is 24.0 Å². The Balaban J connectivity index is 1.89. The van der Waals surface area contributed by atoms with E-state index in [2.05, 4.69) is 4.98 Å². The Morgan fingerprint density at radius 3 is 3.06 bits per heavy atom. The number of ether oxygens (including phenoxy) is 1. The maximum Gasteiger partial charge on any atom is 0.256 e. The molecule has 1 amide bonds. The molecule has 0 N–H and O–H groups in total. The van der Waals surface area contributed by atoms with Gasteiger partial charge in [0, 0.05) is 5.69 Å². The van der Waals surface area contributed by atoms with Gasteiger partial charge in [-0.2, -0.15) is 0 Å². The fourth-order valence-electron chi connectivity index (χ4n) is 2.34. The van der Waals surface area contributed by atoms with E-state index in [4.69, 9.17) is 4.74 Å². The summed E-state index contributed by atoms with van der Waals surface area (Å²) >= 11 is 0. The van der Waals surface area contributed by atoms with Crippen LogP contribution in [0.15, 0.2) is 18.3 Å². The second kappa shape index (κ2) is 3.56. The van der Waals surface area contributed by atoms with Crippen LogP contribution in [-0.4, -0.2) is 29.6 Å². The van der Waals surface area contributed by atoms with E-state index in [-0.39, 0.29) is 18.1 Å². The Kier molecular flexibility index (Phi) is 2.17. The van der Waals surface area contributed by atoms with E-state index in [1.54, 1.807) is 11.1 Å². The van der Waals surface area contributed by atoms with E-state index in [9.17, 15) is 4.79 Å². The molecule has 2 fully saturated rings. The van der Waals surface area contributed by atoms with Gasteiger partial charge in [-0.15, -0.1) is 0 Å². The van der Waals surface area contributed by atoms with Crippen LogP contribution < -0.4 is 4.90 Å². The number of hydrogen-bond acceptors (Lipinski definition) is 3. The highest BCUT2D eigenvalue weighted by Crippen LogP contribution is 2.30. The molecular formula is C12H14N2O2. The molecule has 2 saturated heterocycles. The van der Waals surface area contributed by atoms with E-state index in [0.717, 1.165) is 24.2 Å². The number of carbonyl (C=O) groups excluding carboxylic acids is 1. The SMILES string of the molecule is Cc1ccc(N2CC3CCC(O3)C2=O)cn1. The summed E-state index contributed by atoms with van der Waals surface area (Å²) in [4.78, 5) is 18.1. The Hall–Kier alpha value is -1.42. The number of amides is 1. The normalized spacial score (nSPS) is 28.6. The van der Waals surface area contributed by atoms with Crippen LogP contribution in [0, 0.1) is 6.92 Å². The van der Waals surface area contributed by atoms with E-state index in [1.165, 1.54) is 0 Å². The largest absolute Gasteiger partial charge is 0.363 e. The van der Waals surface area contributed by atoms with Gasteiger partial charge in [0.25, 0.3) is 5.91 Å². The first-order valence-corrected chi connectivity index (χ1v) is 5.63. The molecule has 1 aromatic heterocycles. The second-order valence-electron chi connectivity index (χ2n) is 4.43. The molecule has 0 aliphatic carbocycles. The number of fused-ring (bicyclic) bond motifs is 2. The highest BCUT2D eigenvalue weighted by molar-refractivity contribution is 5.97. The van der Waals surface area contributed by atoms with Gasteiger partial charge >= 0.3 is 0 Å². The first-order valence-electron chi connectivity index (χ1n) is 5.63. The first kappa shape index (κ1) is 9.78. The smallest absolute Gasteiger partial charge is 0.256 e. The minimum absolute atomic E-state index is 0.0828. The van der Waals surface area contributed by atoms with Crippen LogP contribution >= 0.6 is 0 Å². The molecule has 3 rings (SSSR count). The van der Waals surface area contributed by atoms with Gasteiger partial charge in [0.1, 0.15) is 6.10 Å². The van der Waals surface area contributed by atoms with Crippen molar-refractivity contribution in [2.24, 2.45) is 0 Å². The summed E-state index contributed by atoms with van der Waals surface area (Å²) in [5.74, 6) is 0.0828. The number of aromatic nitrogens is 1. The molecule has 0 radical (unpaired) electrons. The molecule has 2 aliphatic rings. The van der Waals surface area contributed by atoms with Crippen molar-refractivity contribution >= 4 is 11.6 Å². The number of pyridine rings is 1. The summed E-state index contributed by atoms with van der Waals surface area (Å²) in [7, 11) is 0. The van der Waals surface area contributed by atoms with Gasteiger partial charge < -0.3 is 9.64 Å². The quantitative estimate of drug-likeness (QED) is 0.713. The number of hydrogen-bond donors (Lipinski definition) is 0. The highest BCUT2D eigenvalue weighted by Gasteiger charge is 2.40. The zero-order chi connectivity index (χ0) is 11.1. The van der Waals surface area contributed by atoms with Gasteiger partial charge in [-0.3, -0.25) is 9.78 Å². The molecule has 0 aromatic carbocycles. The van der Waals surface area contributed by atoms with E-state index < -0.39 is 0 Å².